The van der Waals surface area contributed by atoms with Crippen LogP contribution in [0.1, 0.15) is 37.4 Å². The standard InChI is InChI=1S/C17H18N2/c1-17(2)12-9-11-6-7-15(14-5-3-4-8-18-14)19-16(11)13(17)10-12/h3-8,12-13H,9-10H2,1-2H3/t12-,13-/m1/s1. The van der Waals surface area contributed by atoms with Crippen LogP contribution in [-0.2, 0) is 6.42 Å². The minimum atomic E-state index is 0.433. The van der Waals surface area contributed by atoms with E-state index in [1.54, 1.807) is 0 Å². The largest absolute Gasteiger partial charge is 0.255 e. The first-order valence-electron chi connectivity index (χ1n) is 7.07. The van der Waals surface area contributed by atoms with E-state index in [1.165, 1.54) is 24.1 Å². The van der Waals surface area contributed by atoms with Crippen molar-refractivity contribution >= 4 is 0 Å². The van der Waals surface area contributed by atoms with Crippen LogP contribution < -0.4 is 0 Å². The van der Waals surface area contributed by atoms with Gasteiger partial charge in [0.15, 0.2) is 0 Å². The molecule has 0 aliphatic heterocycles. The van der Waals surface area contributed by atoms with E-state index >= 15 is 0 Å². The number of rotatable bonds is 1. The van der Waals surface area contributed by atoms with Crippen LogP contribution in [0.2, 0.25) is 0 Å². The molecule has 0 amide bonds. The van der Waals surface area contributed by atoms with Crippen molar-refractivity contribution in [1.82, 2.24) is 9.97 Å². The lowest BCUT2D eigenvalue weighted by Crippen LogP contribution is -2.48. The molecule has 0 saturated heterocycles. The minimum Gasteiger partial charge on any atom is -0.255 e. The van der Waals surface area contributed by atoms with Gasteiger partial charge in [0, 0.05) is 17.8 Å². The summed E-state index contributed by atoms with van der Waals surface area (Å²) < 4.78 is 0. The van der Waals surface area contributed by atoms with Gasteiger partial charge in [0.25, 0.3) is 0 Å². The maximum atomic E-state index is 4.94. The first-order valence-corrected chi connectivity index (χ1v) is 7.07. The Bertz CT molecular complexity index is 631. The molecule has 2 nitrogen and oxygen atoms in total. The van der Waals surface area contributed by atoms with Crippen LogP contribution in [0.5, 0.6) is 0 Å². The van der Waals surface area contributed by atoms with Gasteiger partial charge in [-0.1, -0.05) is 26.0 Å². The summed E-state index contributed by atoms with van der Waals surface area (Å²) in [5.41, 5.74) is 5.21. The maximum absolute atomic E-state index is 4.94. The van der Waals surface area contributed by atoms with Gasteiger partial charge in [0.1, 0.15) is 0 Å². The van der Waals surface area contributed by atoms with Crippen LogP contribution in [0.15, 0.2) is 36.5 Å². The molecule has 19 heavy (non-hydrogen) atoms. The van der Waals surface area contributed by atoms with Crippen LogP contribution >= 0.6 is 0 Å². The van der Waals surface area contributed by atoms with E-state index in [2.05, 4.69) is 31.0 Å². The maximum Gasteiger partial charge on any atom is 0.0889 e. The highest BCUT2D eigenvalue weighted by Gasteiger charge is 2.53. The normalized spacial score (nSPS) is 26.4. The molecule has 1 saturated carbocycles. The summed E-state index contributed by atoms with van der Waals surface area (Å²) >= 11 is 0. The number of aromatic nitrogens is 2. The third kappa shape index (κ3) is 1.49. The highest BCUT2D eigenvalue weighted by atomic mass is 14.8. The van der Waals surface area contributed by atoms with E-state index in [-0.39, 0.29) is 0 Å². The Morgan fingerprint density at radius 2 is 2.00 bits per heavy atom. The molecule has 5 rings (SSSR count). The van der Waals surface area contributed by atoms with Crippen molar-refractivity contribution in [3.8, 4) is 11.4 Å². The zero-order chi connectivity index (χ0) is 13.0. The molecule has 96 valence electrons. The predicted molar refractivity (Wildman–Crippen MR) is 75.8 cm³/mol. The van der Waals surface area contributed by atoms with Gasteiger partial charge in [-0.2, -0.15) is 0 Å². The van der Waals surface area contributed by atoms with Crippen molar-refractivity contribution in [2.24, 2.45) is 11.3 Å². The fraction of sp³-hybridized carbons (Fsp3) is 0.412. The highest BCUT2D eigenvalue weighted by Crippen LogP contribution is 2.61. The van der Waals surface area contributed by atoms with Crippen LogP contribution in [0.25, 0.3) is 11.4 Å². The first kappa shape index (κ1) is 11.2. The van der Waals surface area contributed by atoms with Gasteiger partial charge < -0.3 is 0 Å². The fourth-order valence-corrected chi connectivity index (χ4v) is 3.73. The summed E-state index contributed by atoms with van der Waals surface area (Å²) in [6.07, 6.45) is 4.35. The first-order chi connectivity index (χ1) is 9.16. The summed E-state index contributed by atoms with van der Waals surface area (Å²) in [4.78, 5) is 9.35. The SMILES string of the molecule is CC1(C)[C@@H]2Cc3ccc(-c4ccccn4)nc3[C@H]1C2. The van der Waals surface area contributed by atoms with Gasteiger partial charge in [-0.05, 0) is 47.9 Å². The second kappa shape index (κ2) is 3.66. The van der Waals surface area contributed by atoms with Crippen molar-refractivity contribution in [3.05, 3.63) is 47.8 Å². The third-order valence-corrected chi connectivity index (χ3v) is 5.21. The van der Waals surface area contributed by atoms with E-state index in [1.807, 2.05) is 24.4 Å². The second-order valence-corrected chi connectivity index (χ2v) is 6.47. The number of hydrogen-bond acceptors (Lipinski definition) is 2. The summed E-state index contributed by atoms with van der Waals surface area (Å²) in [5.74, 6) is 1.50. The molecule has 2 heteroatoms. The molecule has 2 bridgehead atoms. The Morgan fingerprint density at radius 3 is 2.74 bits per heavy atom. The topological polar surface area (TPSA) is 25.8 Å². The summed E-state index contributed by atoms with van der Waals surface area (Å²) in [5, 5.41) is 0. The third-order valence-electron chi connectivity index (χ3n) is 5.21. The Morgan fingerprint density at radius 1 is 1.11 bits per heavy atom. The summed E-state index contributed by atoms with van der Waals surface area (Å²) in [6.45, 7) is 4.79. The van der Waals surface area contributed by atoms with Crippen molar-refractivity contribution in [3.63, 3.8) is 0 Å². The van der Waals surface area contributed by atoms with Crippen LogP contribution in [-0.4, -0.2) is 9.97 Å². The zero-order valence-electron chi connectivity index (χ0n) is 11.4. The molecular weight excluding hydrogens is 232 g/mol. The van der Waals surface area contributed by atoms with E-state index in [0.717, 1.165) is 17.3 Å². The van der Waals surface area contributed by atoms with Crippen LogP contribution in [0, 0.1) is 11.3 Å². The van der Waals surface area contributed by atoms with Crippen molar-refractivity contribution in [2.45, 2.75) is 32.6 Å². The quantitative estimate of drug-likeness (QED) is 0.768. The molecule has 1 fully saturated rings. The van der Waals surface area contributed by atoms with Crippen LogP contribution in [0.4, 0.5) is 0 Å². The molecule has 0 N–H and O–H groups in total. The number of pyridine rings is 2. The number of hydrogen-bond donors (Lipinski definition) is 0. The molecule has 3 aliphatic carbocycles. The number of nitrogens with zero attached hydrogens (tertiary/aromatic N) is 2. The van der Waals surface area contributed by atoms with Gasteiger partial charge in [0.2, 0.25) is 0 Å². The van der Waals surface area contributed by atoms with Gasteiger partial charge >= 0.3 is 0 Å². The molecule has 2 atom stereocenters. The molecule has 0 radical (unpaired) electrons. The average molecular weight is 250 g/mol. The average Bonchev–Trinajstić information content (AvgIpc) is 2.46. The summed E-state index contributed by atoms with van der Waals surface area (Å²) in [6, 6.07) is 10.4. The van der Waals surface area contributed by atoms with Gasteiger partial charge in [0.05, 0.1) is 11.4 Å². The molecule has 2 aromatic rings. The molecule has 2 aromatic heterocycles. The lowest BCUT2D eigenvalue weighted by molar-refractivity contribution is 0.0156. The van der Waals surface area contributed by atoms with Gasteiger partial charge in [-0.25, -0.2) is 0 Å². The smallest absolute Gasteiger partial charge is 0.0889 e. The van der Waals surface area contributed by atoms with Crippen molar-refractivity contribution < 1.29 is 0 Å². The van der Waals surface area contributed by atoms with Crippen molar-refractivity contribution in [2.75, 3.05) is 0 Å². The predicted octanol–water partition coefficient (Wildman–Crippen LogP) is 3.83. The second-order valence-electron chi connectivity index (χ2n) is 6.47. The van der Waals surface area contributed by atoms with E-state index in [9.17, 15) is 0 Å². The molecule has 2 heterocycles. The zero-order valence-corrected chi connectivity index (χ0v) is 11.4. The van der Waals surface area contributed by atoms with Crippen LogP contribution in [0.3, 0.4) is 0 Å². The lowest BCUT2D eigenvalue weighted by Gasteiger charge is -2.56. The molecular formula is C17H18N2. The van der Waals surface area contributed by atoms with Gasteiger partial charge in [-0.3, -0.25) is 9.97 Å². The monoisotopic (exact) mass is 250 g/mol. The Labute approximate surface area is 113 Å². The highest BCUT2D eigenvalue weighted by molar-refractivity contribution is 5.55. The molecule has 0 unspecified atom stereocenters. The Balaban J connectivity index is 1.81. The Hall–Kier alpha value is -1.70. The lowest BCUT2D eigenvalue weighted by atomic mass is 9.48. The van der Waals surface area contributed by atoms with Gasteiger partial charge in [-0.15, -0.1) is 0 Å². The molecule has 3 aliphatic rings. The fourth-order valence-electron chi connectivity index (χ4n) is 3.73. The van der Waals surface area contributed by atoms with E-state index in [4.69, 9.17) is 4.98 Å². The molecule has 0 spiro atoms. The minimum absolute atomic E-state index is 0.433. The summed E-state index contributed by atoms with van der Waals surface area (Å²) in [7, 11) is 0. The molecule has 0 aromatic carbocycles. The van der Waals surface area contributed by atoms with E-state index < -0.39 is 0 Å². The Kier molecular flexibility index (Phi) is 2.15. The van der Waals surface area contributed by atoms with Crippen molar-refractivity contribution in [1.29, 1.82) is 0 Å². The van der Waals surface area contributed by atoms with E-state index in [0.29, 0.717) is 11.3 Å².